The summed E-state index contributed by atoms with van der Waals surface area (Å²) in [5.41, 5.74) is 1.86. The maximum absolute atomic E-state index is 12.2. The Hall–Kier alpha value is -2.18. The number of hydrogen-bond acceptors (Lipinski definition) is 4. The topological polar surface area (TPSA) is 72.5 Å². The molecule has 0 aliphatic rings. The van der Waals surface area contributed by atoms with Gasteiger partial charge in [-0.15, -0.1) is 0 Å². The predicted octanol–water partition coefficient (Wildman–Crippen LogP) is 2.49. The van der Waals surface area contributed by atoms with Crippen LogP contribution in [-0.4, -0.2) is 27.7 Å². The third-order valence-corrected chi connectivity index (χ3v) is 4.13. The summed E-state index contributed by atoms with van der Waals surface area (Å²) in [6.45, 7) is 0.452. The molecule has 0 aliphatic carbocycles. The Kier molecular flexibility index (Phi) is 4.95. The third-order valence-electron chi connectivity index (χ3n) is 3.02. The molecule has 0 aliphatic heterocycles. The molecule has 0 bridgehead atoms. The second-order valence-corrected chi connectivity index (χ2v) is 6.90. The fraction of sp³-hybridized carbons (Fsp3) is 0.188. The first-order valence-electron chi connectivity index (χ1n) is 6.59. The second-order valence-electron chi connectivity index (χ2n) is 4.89. The van der Waals surface area contributed by atoms with Crippen molar-refractivity contribution in [1.29, 1.82) is 0 Å². The van der Waals surface area contributed by atoms with Crippen LogP contribution in [0.25, 0.3) is 0 Å². The molecule has 0 heterocycles. The number of carbonyl (C=O) groups excluding carboxylic acids is 1. The van der Waals surface area contributed by atoms with Gasteiger partial charge in [0, 0.05) is 24.6 Å². The van der Waals surface area contributed by atoms with Crippen LogP contribution in [0.15, 0.2) is 53.4 Å². The highest BCUT2D eigenvalue weighted by atomic mass is 32.2. The lowest BCUT2D eigenvalue weighted by atomic mass is 10.2. The van der Waals surface area contributed by atoms with E-state index in [0.29, 0.717) is 17.9 Å². The molecule has 0 aromatic heterocycles. The Morgan fingerprint density at radius 3 is 2.55 bits per heavy atom. The van der Waals surface area contributed by atoms with Gasteiger partial charge in [-0.25, -0.2) is 8.42 Å². The summed E-state index contributed by atoms with van der Waals surface area (Å²) >= 11 is 0. The molecule has 1 amide bonds. The zero-order valence-electron chi connectivity index (χ0n) is 12.4. The van der Waals surface area contributed by atoms with Gasteiger partial charge < -0.3 is 10.1 Å². The Morgan fingerprint density at radius 1 is 1.14 bits per heavy atom. The Morgan fingerprint density at radius 2 is 1.86 bits per heavy atom. The highest BCUT2D eigenvalue weighted by molar-refractivity contribution is 7.90. The summed E-state index contributed by atoms with van der Waals surface area (Å²) in [5.74, 6) is -0.361. The SMILES string of the molecule is COCc1cccc(NC(=O)c2cccc(S(C)(=O)=O)c2)c1. The van der Waals surface area contributed by atoms with Crippen LogP contribution in [-0.2, 0) is 21.2 Å². The fourth-order valence-corrected chi connectivity index (χ4v) is 2.64. The molecule has 0 saturated carbocycles. The molecule has 1 N–H and O–H groups in total. The van der Waals surface area contributed by atoms with Crippen molar-refractivity contribution in [2.24, 2.45) is 0 Å². The van der Waals surface area contributed by atoms with Crippen LogP contribution >= 0.6 is 0 Å². The molecular formula is C16H17NO4S. The molecule has 0 atom stereocenters. The van der Waals surface area contributed by atoms with Crippen molar-refractivity contribution in [1.82, 2.24) is 0 Å². The van der Waals surface area contributed by atoms with Gasteiger partial charge >= 0.3 is 0 Å². The maximum atomic E-state index is 12.2. The van der Waals surface area contributed by atoms with E-state index in [1.165, 1.54) is 12.1 Å². The zero-order valence-corrected chi connectivity index (χ0v) is 13.2. The lowest BCUT2D eigenvalue weighted by molar-refractivity contribution is 0.102. The number of ether oxygens (including phenoxy) is 1. The van der Waals surface area contributed by atoms with Crippen molar-refractivity contribution in [3.8, 4) is 0 Å². The third kappa shape index (κ3) is 4.16. The van der Waals surface area contributed by atoms with Gasteiger partial charge in [0.05, 0.1) is 11.5 Å². The number of anilines is 1. The van der Waals surface area contributed by atoms with Crippen LogP contribution in [0.4, 0.5) is 5.69 Å². The van der Waals surface area contributed by atoms with Gasteiger partial charge in [-0.05, 0) is 35.9 Å². The van der Waals surface area contributed by atoms with Crippen molar-refractivity contribution in [3.05, 3.63) is 59.7 Å². The zero-order chi connectivity index (χ0) is 16.2. The summed E-state index contributed by atoms with van der Waals surface area (Å²) in [4.78, 5) is 12.3. The van der Waals surface area contributed by atoms with Gasteiger partial charge in [-0.1, -0.05) is 18.2 Å². The van der Waals surface area contributed by atoms with Crippen molar-refractivity contribution < 1.29 is 17.9 Å². The van der Waals surface area contributed by atoms with E-state index in [4.69, 9.17) is 4.74 Å². The summed E-state index contributed by atoms with van der Waals surface area (Å²) in [5, 5.41) is 2.75. The molecule has 5 nitrogen and oxygen atoms in total. The van der Waals surface area contributed by atoms with Gasteiger partial charge in [-0.2, -0.15) is 0 Å². The van der Waals surface area contributed by atoms with E-state index in [1.807, 2.05) is 18.2 Å². The first-order chi connectivity index (χ1) is 10.4. The van der Waals surface area contributed by atoms with Crippen molar-refractivity contribution in [2.75, 3.05) is 18.7 Å². The molecule has 0 radical (unpaired) electrons. The Bertz CT molecular complexity index is 784. The molecular weight excluding hydrogens is 302 g/mol. The quantitative estimate of drug-likeness (QED) is 0.919. The largest absolute Gasteiger partial charge is 0.380 e. The number of benzene rings is 2. The standard InChI is InChI=1S/C16H17NO4S/c1-21-11-12-5-3-7-14(9-12)17-16(18)13-6-4-8-15(10-13)22(2,19)20/h3-10H,11H2,1-2H3,(H,17,18). The van der Waals surface area contributed by atoms with Crippen LogP contribution in [0.1, 0.15) is 15.9 Å². The van der Waals surface area contributed by atoms with Crippen molar-refractivity contribution in [3.63, 3.8) is 0 Å². The smallest absolute Gasteiger partial charge is 0.255 e. The first-order valence-corrected chi connectivity index (χ1v) is 8.48. The first kappa shape index (κ1) is 16.2. The van der Waals surface area contributed by atoms with E-state index >= 15 is 0 Å². The average Bonchev–Trinajstić information content (AvgIpc) is 2.47. The van der Waals surface area contributed by atoms with Crippen molar-refractivity contribution in [2.45, 2.75) is 11.5 Å². The highest BCUT2D eigenvalue weighted by Gasteiger charge is 2.12. The van der Waals surface area contributed by atoms with Crippen LogP contribution < -0.4 is 5.32 Å². The second kappa shape index (κ2) is 6.72. The van der Waals surface area contributed by atoms with Crippen LogP contribution in [0.2, 0.25) is 0 Å². The van der Waals surface area contributed by atoms with E-state index in [9.17, 15) is 13.2 Å². The summed E-state index contributed by atoms with van der Waals surface area (Å²) in [6.07, 6.45) is 1.11. The van der Waals surface area contributed by atoms with Crippen LogP contribution in [0.5, 0.6) is 0 Å². The molecule has 116 valence electrons. The maximum Gasteiger partial charge on any atom is 0.255 e. The minimum Gasteiger partial charge on any atom is -0.380 e. The van der Waals surface area contributed by atoms with E-state index < -0.39 is 9.84 Å². The van der Waals surface area contributed by atoms with E-state index in [0.717, 1.165) is 11.8 Å². The summed E-state index contributed by atoms with van der Waals surface area (Å²) in [7, 11) is -1.74. The number of rotatable bonds is 5. The number of carbonyl (C=O) groups is 1. The molecule has 0 fully saturated rings. The molecule has 2 rings (SSSR count). The van der Waals surface area contributed by atoms with Gasteiger partial charge in [0.2, 0.25) is 0 Å². The number of sulfone groups is 1. The van der Waals surface area contributed by atoms with E-state index in [-0.39, 0.29) is 10.8 Å². The highest BCUT2D eigenvalue weighted by Crippen LogP contribution is 2.15. The van der Waals surface area contributed by atoms with Crippen LogP contribution in [0, 0.1) is 0 Å². The molecule has 22 heavy (non-hydrogen) atoms. The number of amides is 1. The Balaban J connectivity index is 2.21. The lowest BCUT2D eigenvalue weighted by Gasteiger charge is -2.08. The number of hydrogen-bond donors (Lipinski definition) is 1. The lowest BCUT2D eigenvalue weighted by Crippen LogP contribution is -2.12. The molecule has 6 heteroatoms. The van der Waals surface area contributed by atoms with Crippen LogP contribution in [0.3, 0.4) is 0 Å². The van der Waals surface area contributed by atoms with Gasteiger partial charge in [-0.3, -0.25) is 4.79 Å². The average molecular weight is 319 g/mol. The number of nitrogens with one attached hydrogen (secondary N) is 1. The minimum atomic E-state index is -3.34. The number of methoxy groups -OCH3 is 1. The molecule has 0 spiro atoms. The van der Waals surface area contributed by atoms with E-state index in [2.05, 4.69) is 5.32 Å². The molecule has 0 unspecified atom stereocenters. The van der Waals surface area contributed by atoms with Crippen molar-refractivity contribution >= 4 is 21.4 Å². The minimum absolute atomic E-state index is 0.119. The summed E-state index contributed by atoms with van der Waals surface area (Å²) < 4.78 is 28.1. The predicted molar refractivity (Wildman–Crippen MR) is 84.7 cm³/mol. The monoisotopic (exact) mass is 319 g/mol. The van der Waals surface area contributed by atoms with Gasteiger partial charge in [0.25, 0.3) is 5.91 Å². The molecule has 2 aromatic rings. The summed E-state index contributed by atoms with van der Waals surface area (Å²) in [6, 6.07) is 13.2. The van der Waals surface area contributed by atoms with E-state index in [1.54, 1.807) is 25.3 Å². The fourth-order valence-electron chi connectivity index (χ4n) is 1.98. The van der Waals surface area contributed by atoms with Gasteiger partial charge in [0.1, 0.15) is 0 Å². The van der Waals surface area contributed by atoms with Gasteiger partial charge in [0.15, 0.2) is 9.84 Å². The normalized spacial score (nSPS) is 11.2. The molecule has 2 aromatic carbocycles. The Labute approximate surface area is 129 Å². The molecule has 0 saturated heterocycles.